The largest absolute Gasteiger partial charge is 0.460 e. The molecule has 1 aromatic carbocycles. The fraction of sp³-hybridized carbons (Fsp3) is 0.375. The van der Waals surface area contributed by atoms with Gasteiger partial charge < -0.3 is 4.42 Å². The van der Waals surface area contributed by atoms with Gasteiger partial charge in [0, 0.05) is 17.9 Å². The molecule has 0 fully saturated rings. The highest BCUT2D eigenvalue weighted by atomic mass is 32.2. The molecule has 0 aliphatic carbocycles. The molecule has 0 saturated heterocycles. The van der Waals surface area contributed by atoms with Gasteiger partial charge in [-0.15, -0.1) is 0 Å². The number of nitrogens with zero attached hydrogens (tertiary/aromatic N) is 1. The lowest BCUT2D eigenvalue weighted by Gasteiger charge is -2.22. The Hall–Kier alpha value is -1.59. The van der Waals surface area contributed by atoms with Crippen LogP contribution in [0.15, 0.2) is 46.9 Å². The van der Waals surface area contributed by atoms with Crippen molar-refractivity contribution in [3.63, 3.8) is 0 Å². The van der Waals surface area contributed by atoms with E-state index in [4.69, 9.17) is 4.42 Å². The summed E-state index contributed by atoms with van der Waals surface area (Å²) in [6, 6.07) is 13.7. The summed E-state index contributed by atoms with van der Waals surface area (Å²) in [4.78, 5) is 1.98. The Morgan fingerprint density at radius 3 is 2.43 bits per heavy atom. The van der Waals surface area contributed by atoms with Crippen LogP contribution in [0.25, 0.3) is 11.3 Å². The average Bonchev–Trinajstić information content (AvgIpc) is 2.86. The Morgan fingerprint density at radius 2 is 1.81 bits per heavy atom. The van der Waals surface area contributed by atoms with E-state index in [0.29, 0.717) is 6.54 Å². The molecule has 1 atom stereocenters. The molecule has 0 bridgehead atoms. The molecule has 2 aromatic rings. The Balaban J connectivity index is 2.02. The molecular weight excluding hydrogens is 286 g/mol. The van der Waals surface area contributed by atoms with Crippen molar-refractivity contribution in [1.82, 2.24) is 4.90 Å². The van der Waals surface area contributed by atoms with Crippen molar-refractivity contribution in [2.45, 2.75) is 19.5 Å². The first-order valence-electron chi connectivity index (χ1n) is 6.87. The van der Waals surface area contributed by atoms with Gasteiger partial charge in [0.2, 0.25) is 0 Å². The Bertz CT molecular complexity index is 677. The fourth-order valence-corrected chi connectivity index (χ4v) is 3.32. The number of benzene rings is 1. The van der Waals surface area contributed by atoms with E-state index in [0.717, 1.165) is 17.1 Å². The first-order chi connectivity index (χ1) is 9.85. The molecule has 0 unspecified atom stereocenters. The lowest BCUT2D eigenvalue weighted by Crippen LogP contribution is -2.34. The van der Waals surface area contributed by atoms with Crippen LogP contribution in [0.5, 0.6) is 0 Å². The zero-order chi connectivity index (χ0) is 15.5. The van der Waals surface area contributed by atoms with Crippen LogP contribution in [0.2, 0.25) is 0 Å². The van der Waals surface area contributed by atoms with Crippen molar-refractivity contribution < 1.29 is 12.8 Å². The van der Waals surface area contributed by atoms with Crippen LogP contribution in [-0.4, -0.2) is 38.4 Å². The van der Waals surface area contributed by atoms with Crippen molar-refractivity contribution in [2.24, 2.45) is 0 Å². The SMILES string of the molecule is C[C@H](CS(C)(=O)=O)N(C)Cc1ccc(-c2ccccc2)o1. The molecule has 0 aliphatic rings. The molecule has 0 amide bonds. The van der Waals surface area contributed by atoms with Gasteiger partial charge in [0.25, 0.3) is 0 Å². The first-order valence-corrected chi connectivity index (χ1v) is 8.93. The van der Waals surface area contributed by atoms with Gasteiger partial charge in [0.1, 0.15) is 21.4 Å². The molecule has 0 spiro atoms. The van der Waals surface area contributed by atoms with E-state index >= 15 is 0 Å². The molecule has 0 radical (unpaired) electrons. The van der Waals surface area contributed by atoms with Crippen molar-refractivity contribution >= 4 is 9.84 Å². The van der Waals surface area contributed by atoms with Crippen LogP contribution in [0.3, 0.4) is 0 Å². The molecule has 0 aliphatic heterocycles. The molecule has 21 heavy (non-hydrogen) atoms. The maximum atomic E-state index is 11.3. The Labute approximate surface area is 126 Å². The van der Waals surface area contributed by atoms with Crippen molar-refractivity contribution in [1.29, 1.82) is 0 Å². The Morgan fingerprint density at radius 1 is 1.14 bits per heavy atom. The molecular formula is C16H21NO3S. The van der Waals surface area contributed by atoms with Crippen molar-refractivity contribution in [3.8, 4) is 11.3 Å². The topological polar surface area (TPSA) is 50.5 Å². The smallest absolute Gasteiger partial charge is 0.148 e. The van der Waals surface area contributed by atoms with Crippen LogP contribution in [0.4, 0.5) is 0 Å². The Kier molecular flexibility index (Phi) is 4.85. The van der Waals surface area contributed by atoms with Gasteiger partial charge in [0.15, 0.2) is 0 Å². The summed E-state index contributed by atoms with van der Waals surface area (Å²) in [6.07, 6.45) is 1.26. The molecule has 1 heterocycles. The standard InChI is InChI=1S/C16H21NO3S/c1-13(12-21(3,18)19)17(2)11-15-9-10-16(20-15)14-7-5-4-6-8-14/h4-10,13H,11-12H2,1-3H3/t13-/m1/s1. The normalized spacial score (nSPS) is 13.5. The second-order valence-corrected chi connectivity index (χ2v) is 7.67. The second-order valence-electron chi connectivity index (χ2n) is 5.49. The molecule has 4 nitrogen and oxygen atoms in total. The lowest BCUT2D eigenvalue weighted by atomic mass is 10.2. The minimum absolute atomic E-state index is 0.0507. The predicted octanol–water partition coefficient (Wildman–Crippen LogP) is 2.81. The number of hydrogen-bond donors (Lipinski definition) is 0. The third-order valence-electron chi connectivity index (χ3n) is 3.42. The van der Waals surface area contributed by atoms with Gasteiger partial charge in [-0.2, -0.15) is 0 Å². The summed E-state index contributed by atoms with van der Waals surface area (Å²) >= 11 is 0. The number of rotatable bonds is 6. The number of hydrogen-bond acceptors (Lipinski definition) is 4. The first kappa shape index (κ1) is 15.8. The molecule has 5 heteroatoms. The second kappa shape index (κ2) is 6.45. The number of furan rings is 1. The zero-order valence-corrected chi connectivity index (χ0v) is 13.4. The van der Waals surface area contributed by atoms with Crippen LogP contribution in [0, 0.1) is 0 Å². The van der Waals surface area contributed by atoms with E-state index in [9.17, 15) is 8.42 Å². The summed E-state index contributed by atoms with van der Waals surface area (Å²) in [7, 11) is -1.07. The molecule has 0 N–H and O–H groups in total. The average molecular weight is 307 g/mol. The van der Waals surface area contributed by atoms with Crippen molar-refractivity contribution in [3.05, 3.63) is 48.2 Å². The van der Waals surface area contributed by atoms with Gasteiger partial charge in [-0.25, -0.2) is 8.42 Å². The van der Waals surface area contributed by atoms with E-state index in [1.165, 1.54) is 6.26 Å². The molecule has 2 rings (SSSR count). The van der Waals surface area contributed by atoms with Gasteiger partial charge in [-0.05, 0) is 26.1 Å². The van der Waals surface area contributed by atoms with E-state index in [1.54, 1.807) is 0 Å². The summed E-state index contributed by atoms with van der Waals surface area (Å²) < 4.78 is 28.5. The quantitative estimate of drug-likeness (QED) is 0.823. The fourth-order valence-electron chi connectivity index (χ4n) is 2.19. The minimum atomic E-state index is -2.97. The lowest BCUT2D eigenvalue weighted by molar-refractivity contribution is 0.246. The monoisotopic (exact) mass is 307 g/mol. The summed E-state index contributed by atoms with van der Waals surface area (Å²) in [5.74, 6) is 1.81. The van der Waals surface area contributed by atoms with Crippen LogP contribution in [0.1, 0.15) is 12.7 Å². The maximum absolute atomic E-state index is 11.3. The van der Waals surface area contributed by atoms with Crippen molar-refractivity contribution in [2.75, 3.05) is 19.1 Å². The van der Waals surface area contributed by atoms with Gasteiger partial charge >= 0.3 is 0 Å². The highest BCUT2D eigenvalue weighted by molar-refractivity contribution is 7.90. The predicted molar refractivity (Wildman–Crippen MR) is 84.8 cm³/mol. The zero-order valence-electron chi connectivity index (χ0n) is 12.6. The number of sulfone groups is 1. The van der Waals surface area contributed by atoms with Gasteiger partial charge in [-0.1, -0.05) is 30.3 Å². The third-order valence-corrected chi connectivity index (χ3v) is 4.51. The van der Waals surface area contributed by atoms with E-state index in [2.05, 4.69) is 0 Å². The third kappa shape index (κ3) is 4.72. The van der Waals surface area contributed by atoms with Gasteiger partial charge in [0.05, 0.1) is 12.3 Å². The minimum Gasteiger partial charge on any atom is -0.460 e. The van der Waals surface area contributed by atoms with E-state index in [1.807, 2.05) is 61.3 Å². The van der Waals surface area contributed by atoms with Crippen LogP contribution >= 0.6 is 0 Å². The highest BCUT2D eigenvalue weighted by Gasteiger charge is 2.16. The van der Waals surface area contributed by atoms with Crippen LogP contribution < -0.4 is 0 Å². The maximum Gasteiger partial charge on any atom is 0.148 e. The van der Waals surface area contributed by atoms with E-state index in [-0.39, 0.29) is 11.8 Å². The van der Waals surface area contributed by atoms with E-state index < -0.39 is 9.84 Å². The summed E-state index contributed by atoms with van der Waals surface area (Å²) in [5, 5.41) is 0. The molecule has 1 aromatic heterocycles. The van der Waals surface area contributed by atoms with Crippen LogP contribution in [-0.2, 0) is 16.4 Å². The summed E-state index contributed by atoms with van der Waals surface area (Å²) in [6.45, 7) is 2.49. The molecule has 0 saturated carbocycles. The van der Waals surface area contributed by atoms with Gasteiger partial charge in [-0.3, -0.25) is 4.90 Å². The summed E-state index contributed by atoms with van der Waals surface area (Å²) in [5.41, 5.74) is 1.04. The highest BCUT2D eigenvalue weighted by Crippen LogP contribution is 2.22. The molecule has 114 valence electrons.